The minimum atomic E-state index is -0.932. The topological polar surface area (TPSA) is 90.0 Å². The molecule has 0 unspecified atom stereocenters. The number of carbonyl (C=O) groups excluding carboxylic acids is 4. The van der Waals surface area contributed by atoms with Crippen molar-refractivity contribution in [1.29, 1.82) is 0 Å². The van der Waals surface area contributed by atoms with Crippen molar-refractivity contribution < 1.29 is 33.0 Å². The summed E-state index contributed by atoms with van der Waals surface area (Å²) >= 11 is 12.8. The monoisotopic (exact) mass is 505 g/mol. The number of ether oxygens (including phenoxy) is 2. The van der Waals surface area contributed by atoms with E-state index in [1.807, 2.05) is 0 Å². The van der Waals surface area contributed by atoms with Gasteiger partial charge in [-0.1, -0.05) is 11.6 Å². The summed E-state index contributed by atoms with van der Waals surface area (Å²) in [7, 11) is 1.19. The summed E-state index contributed by atoms with van der Waals surface area (Å²) in [6.45, 7) is 1.86. The van der Waals surface area contributed by atoms with Crippen LogP contribution in [0.1, 0.15) is 32.6 Å². The number of esters is 2. The summed E-state index contributed by atoms with van der Waals surface area (Å²) in [6.07, 6.45) is 1.83. The molecule has 2 rings (SSSR count). The Bertz CT molecular complexity index is 952. The molecule has 0 saturated heterocycles. The lowest BCUT2D eigenvalue weighted by atomic mass is 9.90. The Morgan fingerprint density at radius 2 is 1.81 bits per heavy atom. The summed E-state index contributed by atoms with van der Waals surface area (Å²) in [4.78, 5) is 50.6. The van der Waals surface area contributed by atoms with Gasteiger partial charge in [-0.25, -0.2) is 14.1 Å². The molecule has 2 amide bonds. The first-order valence-electron chi connectivity index (χ1n) is 9.76. The number of imide groups is 1. The number of rotatable bonds is 8. The minimum Gasteiger partial charge on any atom is -0.466 e. The van der Waals surface area contributed by atoms with E-state index in [4.69, 9.17) is 32.7 Å². The molecule has 0 saturated carbocycles. The van der Waals surface area contributed by atoms with Crippen LogP contribution in [0, 0.1) is 5.82 Å². The number of anilines is 1. The van der Waals surface area contributed by atoms with Gasteiger partial charge in [0.15, 0.2) is 0 Å². The van der Waals surface area contributed by atoms with E-state index in [-0.39, 0.29) is 45.5 Å². The van der Waals surface area contributed by atoms with E-state index < -0.39 is 35.5 Å². The van der Waals surface area contributed by atoms with Crippen molar-refractivity contribution in [2.24, 2.45) is 0 Å². The second-order valence-corrected chi connectivity index (χ2v) is 8.34. The standard InChI is InChI=1S/C21H22Cl2FNO6S/c1-3-31-19(27)11-32-17-9-16(15(24)8-14(17)23)25(18(26)10-22)20(28)12-6-4-5-7-13(12)21(29)30-2/h8-9H,3-7,10-11H2,1-2H3. The highest BCUT2D eigenvalue weighted by atomic mass is 35.5. The Hall–Kier alpha value is -2.10. The van der Waals surface area contributed by atoms with Crippen LogP contribution in [-0.2, 0) is 28.7 Å². The molecule has 0 aliphatic heterocycles. The number of benzene rings is 1. The number of thioether (sulfide) groups is 1. The van der Waals surface area contributed by atoms with Gasteiger partial charge < -0.3 is 9.47 Å². The largest absolute Gasteiger partial charge is 0.466 e. The van der Waals surface area contributed by atoms with Crippen LogP contribution in [-0.4, -0.2) is 49.1 Å². The maximum absolute atomic E-state index is 14.9. The van der Waals surface area contributed by atoms with E-state index in [9.17, 15) is 23.6 Å². The first kappa shape index (κ1) is 26.2. The van der Waals surface area contributed by atoms with Gasteiger partial charge >= 0.3 is 11.9 Å². The molecule has 0 bridgehead atoms. The van der Waals surface area contributed by atoms with Crippen LogP contribution in [0.2, 0.25) is 5.02 Å². The van der Waals surface area contributed by atoms with E-state index in [1.54, 1.807) is 6.92 Å². The third kappa shape index (κ3) is 6.24. The van der Waals surface area contributed by atoms with Crippen molar-refractivity contribution in [2.45, 2.75) is 37.5 Å². The van der Waals surface area contributed by atoms with Gasteiger partial charge in [0.25, 0.3) is 5.91 Å². The lowest BCUT2D eigenvalue weighted by Gasteiger charge is -2.26. The third-order valence-electron chi connectivity index (χ3n) is 4.62. The molecular formula is C21H22Cl2FNO6S. The normalized spacial score (nSPS) is 13.5. The second-order valence-electron chi connectivity index (χ2n) is 6.65. The van der Waals surface area contributed by atoms with Gasteiger partial charge in [-0.05, 0) is 44.7 Å². The number of nitrogens with zero attached hydrogens (tertiary/aromatic N) is 1. The van der Waals surface area contributed by atoms with Gasteiger partial charge in [-0.2, -0.15) is 0 Å². The molecule has 174 valence electrons. The molecule has 1 aliphatic rings. The average molecular weight is 506 g/mol. The van der Waals surface area contributed by atoms with E-state index in [0.29, 0.717) is 24.2 Å². The van der Waals surface area contributed by atoms with E-state index in [0.717, 1.165) is 17.8 Å². The van der Waals surface area contributed by atoms with Gasteiger partial charge in [-0.15, -0.1) is 23.4 Å². The smallest absolute Gasteiger partial charge is 0.334 e. The van der Waals surface area contributed by atoms with Gasteiger partial charge in [0, 0.05) is 16.0 Å². The van der Waals surface area contributed by atoms with Crippen molar-refractivity contribution >= 4 is 64.4 Å². The predicted molar refractivity (Wildman–Crippen MR) is 119 cm³/mol. The fourth-order valence-electron chi connectivity index (χ4n) is 3.18. The fraction of sp³-hybridized carbons (Fsp3) is 0.429. The first-order chi connectivity index (χ1) is 15.2. The average Bonchev–Trinajstić information content (AvgIpc) is 2.79. The Kier molecular flexibility index (Phi) is 9.99. The summed E-state index contributed by atoms with van der Waals surface area (Å²) in [5.41, 5.74) is -0.141. The highest BCUT2D eigenvalue weighted by Gasteiger charge is 2.33. The Labute approximate surface area is 199 Å². The SMILES string of the molecule is CCOC(=O)CSc1cc(N(C(=O)CCl)C(=O)C2=C(C(=O)OC)CCCC2)c(F)cc1Cl. The quantitative estimate of drug-likeness (QED) is 0.296. The van der Waals surface area contributed by atoms with E-state index >= 15 is 0 Å². The number of amides is 2. The summed E-state index contributed by atoms with van der Waals surface area (Å²) < 4.78 is 24.5. The number of alkyl halides is 1. The zero-order valence-corrected chi connectivity index (χ0v) is 19.9. The lowest BCUT2D eigenvalue weighted by Crippen LogP contribution is -2.40. The van der Waals surface area contributed by atoms with Gasteiger partial charge in [-0.3, -0.25) is 14.4 Å². The van der Waals surface area contributed by atoms with Gasteiger partial charge in [0.05, 0.1) is 30.2 Å². The lowest BCUT2D eigenvalue weighted by molar-refractivity contribution is -0.140. The van der Waals surface area contributed by atoms with Crippen LogP contribution in [0.15, 0.2) is 28.2 Å². The van der Waals surface area contributed by atoms with Crippen molar-refractivity contribution in [3.63, 3.8) is 0 Å². The van der Waals surface area contributed by atoms with Crippen LogP contribution in [0.5, 0.6) is 0 Å². The molecule has 1 aliphatic carbocycles. The fourth-order valence-corrected chi connectivity index (χ4v) is 4.36. The van der Waals surface area contributed by atoms with Crippen LogP contribution in [0.4, 0.5) is 10.1 Å². The Morgan fingerprint density at radius 1 is 1.16 bits per heavy atom. The second kappa shape index (κ2) is 12.2. The van der Waals surface area contributed by atoms with Gasteiger partial charge in [0.2, 0.25) is 5.91 Å². The number of halogens is 3. The summed E-state index contributed by atoms with van der Waals surface area (Å²) in [6, 6.07) is 2.15. The molecule has 11 heteroatoms. The zero-order valence-electron chi connectivity index (χ0n) is 17.5. The van der Waals surface area contributed by atoms with E-state index in [2.05, 4.69) is 0 Å². The third-order valence-corrected chi connectivity index (χ3v) is 6.30. The van der Waals surface area contributed by atoms with E-state index in [1.165, 1.54) is 13.2 Å². The molecular weight excluding hydrogens is 484 g/mol. The Morgan fingerprint density at radius 3 is 2.41 bits per heavy atom. The molecule has 0 atom stereocenters. The molecule has 0 spiro atoms. The number of hydrogen-bond acceptors (Lipinski definition) is 7. The molecule has 1 aromatic rings. The molecule has 0 radical (unpaired) electrons. The molecule has 0 N–H and O–H groups in total. The number of carbonyl (C=O) groups is 4. The van der Waals surface area contributed by atoms with Crippen molar-refractivity contribution in [1.82, 2.24) is 0 Å². The van der Waals surface area contributed by atoms with Crippen LogP contribution < -0.4 is 4.90 Å². The highest BCUT2D eigenvalue weighted by molar-refractivity contribution is 8.00. The van der Waals surface area contributed by atoms with Crippen LogP contribution in [0.3, 0.4) is 0 Å². The molecule has 7 nitrogen and oxygen atoms in total. The molecule has 0 heterocycles. The summed E-state index contributed by atoms with van der Waals surface area (Å²) in [5, 5.41) is -0.00148. The number of methoxy groups -OCH3 is 1. The predicted octanol–water partition coefficient (Wildman–Crippen LogP) is 4.28. The van der Waals surface area contributed by atoms with Gasteiger partial charge in [0.1, 0.15) is 11.7 Å². The maximum atomic E-state index is 14.9. The molecule has 0 fully saturated rings. The molecule has 0 aromatic heterocycles. The van der Waals surface area contributed by atoms with Crippen molar-refractivity contribution in [2.75, 3.05) is 30.2 Å². The van der Waals surface area contributed by atoms with Crippen molar-refractivity contribution in [3.05, 3.63) is 34.1 Å². The Balaban J connectivity index is 2.51. The van der Waals surface area contributed by atoms with Crippen molar-refractivity contribution in [3.8, 4) is 0 Å². The number of hydrogen-bond donors (Lipinski definition) is 0. The first-order valence-corrected chi connectivity index (χ1v) is 11.7. The highest BCUT2D eigenvalue weighted by Crippen LogP contribution is 2.36. The van der Waals surface area contributed by atoms with Crippen LogP contribution in [0.25, 0.3) is 0 Å². The zero-order chi connectivity index (χ0) is 23.8. The summed E-state index contributed by atoms with van der Waals surface area (Å²) in [5.74, 6) is -4.53. The molecule has 32 heavy (non-hydrogen) atoms. The molecule has 1 aromatic carbocycles. The maximum Gasteiger partial charge on any atom is 0.334 e. The minimum absolute atomic E-state index is 0.00148. The van der Waals surface area contributed by atoms with Crippen LogP contribution >= 0.6 is 35.0 Å².